The predicted octanol–water partition coefficient (Wildman–Crippen LogP) is 2.45. The van der Waals surface area contributed by atoms with Crippen molar-refractivity contribution in [3.05, 3.63) is 58.1 Å². The lowest BCUT2D eigenvalue weighted by molar-refractivity contribution is -0.384. The van der Waals surface area contributed by atoms with Gasteiger partial charge in [-0.15, -0.1) is 0 Å². The van der Waals surface area contributed by atoms with Crippen LogP contribution in [0.15, 0.2) is 47.4 Å². The molecule has 1 aliphatic heterocycles. The number of nitrogens with zero attached hydrogens (tertiary/aromatic N) is 1. The van der Waals surface area contributed by atoms with Crippen LogP contribution < -0.4 is 15.4 Å². The van der Waals surface area contributed by atoms with Crippen LogP contribution in [0.1, 0.15) is 24.8 Å². The van der Waals surface area contributed by atoms with Gasteiger partial charge in [0.15, 0.2) is 0 Å². The monoisotopic (exact) mass is 448 g/mol. The van der Waals surface area contributed by atoms with Crippen LogP contribution in [0.4, 0.5) is 17.1 Å². The lowest BCUT2D eigenvalue weighted by Crippen LogP contribution is -2.35. The number of para-hydroxylation sites is 1. The van der Waals surface area contributed by atoms with E-state index in [1.54, 1.807) is 6.92 Å². The van der Waals surface area contributed by atoms with E-state index < -0.39 is 21.0 Å². The van der Waals surface area contributed by atoms with Gasteiger partial charge >= 0.3 is 0 Å². The summed E-state index contributed by atoms with van der Waals surface area (Å²) in [6, 6.07) is 10.6. The van der Waals surface area contributed by atoms with Gasteiger partial charge in [0.1, 0.15) is 5.69 Å². The normalized spacial score (nSPS) is 16.5. The van der Waals surface area contributed by atoms with Crippen LogP contribution >= 0.6 is 0 Å². The van der Waals surface area contributed by atoms with Crippen molar-refractivity contribution in [1.82, 2.24) is 4.72 Å². The number of nitro benzene ring substituents is 1. The number of benzene rings is 2. The fourth-order valence-electron chi connectivity index (χ4n) is 3.51. The smallest absolute Gasteiger partial charge is 0.293 e. The lowest BCUT2D eigenvalue weighted by atomic mass is 9.97. The highest BCUT2D eigenvalue weighted by Gasteiger charge is 2.30. The summed E-state index contributed by atoms with van der Waals surface area (Å²) in [5.41, 5.74) is 1.48. The molecule has 1 amide bonds. The van der Waals surface area contributed by atoms with E-state index in [0.717, 1.165) is 17.3 Å². The molecule has 0 spiro atoms. The minimum Gasteiger partial charge on any atom is -0.383 e. The molecule has 0 radical (unpaired) electrons. The predicted molar refractivity (Wildman–Crippen MR) is 116 cm³/mol. The first-order chi connectivity index (χ1) is 14.7. The van der Waals surface area contributed by atoms with Crippen molar-refractivity contribution in [3.8, 4) is 0 Å². The molecule has 31 heavy (non-hydrogen) atoms. The second kappa shape index (κ2) is 9.41. The molecule has 3 rings (SSSR count). The van der Waals surface area contributed by atoms with Crippen molar-refractivity contribution in [2.45, 2.75) is 30.2 Å². The number of amides is 1. The number of fused-ring (bicyclic) bond motifs is 1. The summed E-state index contributed by atoms with van der Waals surface area (Å²) in [5, 5.41) is 17.3. The van der Waals surface area contributed by atoms with Gasteiger partial charge in [0.2, 0.25) is 15.9 Å². The standard InChI is InChI=1S/C20H24N4O6S/c1-13(12-30-2)23-31(28,29)14-7-8-18(19(11-14)24(26)27)21-10-9-16-15-5-3-4-6-17(15)22-20(16)25/h3-8,11,13,16,21,23H,9-10,12H2,1-2H3,(H,22,25)/t13-,16+/m0/s1. The molecular weight excluding hydrogens is 424 g/mol. The third-order valence-corrected chi connectivity index (χ3v) is 6.50. The van der Waals surface area contributed by atoms with Gasteiger partial charge in [-0.2, -0.15) is 0 Å². The average Bonchev–Trinajstić information content (AvgIpc) is 3.03. The first-order valence-electron chi connectivity index (χ1n) is 9.66. The molecule has 0 fully saturated rings. The van der Waals surface area contributed by atoms with Gasteiger partial charge in [-0.05, 0) is 37.1 Å². The summed E-state index contributed by atoms with van der Waals surface area (Å²) in [4.78, 5) is 22.9. The Hall–Kier alpha value is -3.02. The highest BCUT2D eigenvalue weighted by molar-refractivity contribution is 7.89. The van der Waals surface area contributed by atoms with Crippen LogP contribution in [0.25, 0.3) is 0 Å². The number of carbonyl (C=O) groups is 1. The Morgan fingerprint density at radius 3 is 2.71 bits per heavy atom. The van der Waals surface area contributed by atoms with Crippen LogP contribution in [0.3, 0.4) is 0 Å². The molecule has 3 N–H and O–H groups in total. The van der Waals surface area contributed by atoms with Gasteiger partial charge in [0.25, 0.3) is 5.69 Å². The maximum absolute atomic E-state index is 12.5. The van der Waals surface area contributed by atoms with Crippen molar-refractivity contribution in [1.29, 1.82) is 0 Å². The summed E-state index contributed by atoms with van der Waals surface area (Å²) < 4.78 is 32.3. The van der Waals surface area contributed by atoms with E-state index in [-0.39, 0.29) is 34.7 Å². The zero-order chi connectivity index (χ0) is 22.6. The van der Waals surface area contributed by atoms with Crippen LogP contribution in [0.2, 0.25) is 0 Å². The summed E-state index contributed by atoms with van der Waals surface area (Å²) in [6.07, 6.45) is 0.427. The maximum atomic E-state index is 12.5. The Morgan fingerprint density at radius 2 is 2.00 bits per heavy atom. The second-order valence-corrected chi connectivity index (χ2v) is 8.97. The van der Waals surface area contributed by atoms with Crippen molar-refractivity contribution >= 4 is 33.0 Å². The third kappa shape index (κ3) is 5.19. The summed E-state index contributed by atoms with van der Waals surface area (Å²) in [7, 11) is -2.50. The largest absolute Gasteiger partial charge is 0.383 e. The average molecular weight is 449 g/mol. The van der Waals surface area contributed by atoms with Crippen LogP contribution in [0, 0.1) is 10.1 Å². The molecule has 2 aromatic carbocycles. The van der Waals surface area contributed by atoms with E-state index in [2.05, 4.69) is 15.4 Å². The van der Waals surface area contributed by atoms with E-state index >= 15 is 0 Å². The van der Waals surface area contributed by atoms with E-state index in [0.29, 0.717) is 13.0 Å². The summed E-state index contributed by atoms with van der Waals surface area (Å²) in [5.74, 6) is -0.468. The van der Waals surface area contributed by atoms with Gasteiger partial charge in [-0.1, -0.05) is 18.2 Å². The zero-order valence-electron chi connectivity index (χ0n) is 17.1. The maximum Gasteiger partial charge on any atom is 0.293 e. The van der Waals surface area contributed by atoms with Gasteiger partial charge < -0.3 is 15.4 Å². The number of nitrogens with one attached hydrogen (secondary N) is 3. The molecule has 0 aromatic heterocycles. The minimum atomic E-state index is -3.94. The molecule has 166 valence electrons. The van der Waals surface area contributed by atoms with Crippen LogP contribution in [0.5, 0.6) is 0 Å². The molecule has 2 aromatic rings. The van der Waals surface area contributed by atoms with Crippen molar-refractivity contribution < 1.29 is 22.9 Å². The number of sulfonamides is 1. The number of methoxy groups -OCH3 is 1. The molecule has 2 atom stereocenters. The van der Waals surface area contributed by atoms with E-state index in [1.807, 2.05) is 24.3 Å². The Morgan fingerprint density at radius 1 is 1.26 bits per heavy atom. The number of rotatable bonds is 10. The molecule has 1 aliphatic rings. The Kier molecular flexibility index (Phi) is 6.88. The number of hydrogen-bond acceptors (Lipinski definition) is 7. The number of hydrogen-bond donors (Lipinski definition) is 3. The van der Waals surface area contributed by atoms with Crippen molar-refractivity contribution in [2.24, 2.45) is 0 Å². The number of ether oxygens (including phenoxy) is 1. The molecule has 1 heterocycles. The Labute approximate surface area is 180 Å². The molecule has 11 heteroatoms. The van der Waals surface area contributed by atoms with Crippen molar-refractivity contribution in [3.63, 3.8) is 0 Å². The third-order valence-electron chi connectivity index (χ3n) is 4.91. The highest BCUT2D eigenvalue weighted by Crippen LogP contribution is 2.34. The number of nitro groups is 1. The highest BCUT2D eigenvalue weighted by atomic mass is 32.2. The molecule has 0 unspecified atom stereocenters. The minimum absolute atomic E-state index is 0.116. The molecule has 10 nitrogen and oxygen atoms in total. The van der Waals surface area contributed by atoms with E-state index in [4.69, 9.17) is 4.74 Å². The van der Waals surface area contributed by atoms with E-state index in [9.17, 15) is 23.3 Å². The fourth-order valence-corrected chi connectivity index (χ4v) is 4.76. The fraction of sp³-hybridized carbons (Fsp3) is 0.350. The second-order valence-electron chi connectivity index (χ2n) is 7.26. The molecule has 0 saturated carbocycles. The summed E-state index contributed by atoms with van der Waals surface area (Å²) >= 11 is 0. The number of carbonyl (C=O) groups excluding carboxylic acids is 1. The van der Waals surface area contributed by atoms with Crippen LogP contribution in [-0.4, -0.2) is 45.6 Å². The first kappa shape index (κ1) is 22.7. The SMILES string of the molecule is COC[C@H](C)NS(=O)(=O)c1ccc(NCC[C@H]2C(=O)Nc3ccccc32)c([N+](=O)[O-])c1. The molecule has 0 aliphatic carbocycles. The molecule has 0 saturated heterocycles. The van der Waals surface area contributed by atoms with Gasteiger partial charge in [0, 0.05) is 31.5 Å². The lowest BCUT2D eigenvalue weighted by Gasteiger charge is -2.14. The Balaban J connectivity index is 1.72. The quantitative estimate of drug-likeness (QED) is 0.375. The van der Waals surface area contributed by atoms with E-state index in [1.165, 1.54) is 19.2 Å². The Bertz CT molecular complexity index is 1090. The van der Waals surface area contributed by atoms with Crippen LogP contribution in [-0.2, 0) is 19.6 Å². The summed E-state index contributed by atoms with van der Waals surface area (Å²) in [6.45, 7) is 2.09. The molecular formula is C20H24N4O6S. The molecule has 0 bridgehead atoms. The topological polar surface area (TPSA) is 140 Å². The van der Waals surface area contributed by atoms with Crippen molar-refractivity contribution in [2.75, 3.05) is 30.9 Å². The van der Waals surface area contributed by atoms with Gasteiger partial charge in [-0.3, -0.25) is 14.9 Å². The first-order valence-corrected chi connectivity index (χ1v) is 11.1. The number of anilines is 2. The van der Waals surface area contributed by atoms with Gasteiger partial charge in [-0.25, -0.2) is 13.1 Å². The zero-order valence-corrected chi connectivity index (χ0v) is 17.9. The van der Waals surface area contributed by atoms with Gasteiger partial charge in [0.05, 0.1) is 22.3 Å².